The summed E-state index contributed by atoms with van der Waals surface area (Å²) in [4.78, 5) is 0. The summed E-state index contributed by atoms with van der Waals surface area (Å²) < 4.78 is 10.6. The predicted octanol–water partition coefficient (Wildman–Crippen LogP) is 3.34. The number of rotatable bonds is 6. The number of benzene rings is 2. The number of nitrogens with two attached hydrogens (primary N) is 1. The van der Waals surface area contributed by atoms with Crippen molar-refractivity contribution in [3.63, 3.8) is 0 Å². The molecule has 3 nitrogen and oxygen atoms in total. The van der Waals surface area contributed by atoms with Crippen LogP contribution in [0.25, 0.3) is 0 Å². The molecular weight excluding hydrogens is 250 g/mol. The highest BCUT2D eigenvalue weighted by Gasteiger charge is 2.13. The molecule has 0 aromatic heterocycles. The van der Waals surface area contributed by atoms with Gasteiger partial charge in [0.2, 0.25) is 0 Å². The van der Waals surface area contributed by atoms with Crippen LogP contribution in [0.1, 0.15) is 23.6 Å². The van der Waals surface area contributed by atoms with Crippen molar-refractivity contribution < 1.29 is 9.47 Å². The molecule has 0 spiro atoms. The van der Waals surface area contributed by atoms with E-state index in [9.17, 15) is 0 Å². The van der Waals surface area contributed by atoms with Gasteiger partial charge >= 0.3 is 0 Å². The Morgan fingerprint density at radius 3 is 2.40 bits per heavy atom. The van der Waals surface area contributed by atoms with Gasteiger partial charge in [0, 0.05) is 17.7 Å². The molecule has 0 fully saturated rings. The van der Waals surface area contributed by atoms with Crippen molar-refractivity contribution in [2.75, 3.05) is 14.2 Å². The zero-order chi connectivity index (χ0) is 14.4. The largest absolute Gasteiger partial charge is 0.497 e. The van der Waals surface area contributed by atoms with E-state index < -0.39 is 0 Å². The van der Waals surface area contributed by atoms with Gasteiger partial charge < -0.3 is 15.2 Å². The maximum absolute atomic E-state index is 6.29. The van der Waals surface area contributed by atoms with Crippen LogP contribution < -0.4 is 15.2 Å². The molecular formula is C17H21NO2. The molecule has 2 rings (SSSR count). The minimum Gasteiger partial charge on any atom is -0.497 e. The Bertz CT molecular complexity index is 540. The van der Waals surface area contributed by atoms with E-state index in [0.29, 0.717) is 0 Å². The Balaban J connectivity index is 2.07. The van der Waals surface area contributed by atoms with Gasteiger partial charge in [0.25, 0.3) is 0 Å². The van der Waals surface area contributed by atoms with E-state index in [2.05, 4.69) is 24.3 Å². The Morgan fingerprint density at radius 1 is 1.00 bits per heavy atom. The quantitative estimate of drug-likeness (QED) is 0.876. The molecule has 20 heavy (non-hydrogen) atoms. The molecule has 0 amide bonds. The van der Waals surface area contributed by atoms with Crippen LogP contribution in [0.2, 0.25) is 0 Å². The molecule has 2 aromatic rings. The van der Waals surface area contributed by atoms with Crippen molar-refractivity contribution in [3.8, 4) is 11.5 Å². The van der Waals surface area contributed by atoms with Crippen LogP contribution in [0, 0.1) is 0 Å². The third-order valence-corrected chi connectivity index (χ3v) is 3.43. The Hall–Kier alpha value is -2.00. The van der Waals surface area contributed by atoms with Gasteiger partial charge in [-0.2, -0.15) is 0 Å². The highest BCUT2D eigenvalue weighted by Crippen LogP contribution is 2.30. The van der Waals surface area contributed by atoms with Gasteiger partial charge in [0.15, 0.2) is 0 Å². The van der Waals surface area contributed by atoms with Crippen molar-refractivity contribution in [1.82, 2.24) is 0 Å². The SMILES string of the molecule is COc1ccc(C(N)CCc2ccccc2)c(OC)c1. The van der Waals surface area contributed by atoms with E-state index in [1.807, 2.05) is 24.3 Å². The predicted molar refractivity (Wildman–Crippen MR) is 81.2 cm³/mol. The normalized spacial score (nSPS) is 11.9. The minimum atomic E-state index is -0.0453. The first kappa shape index (κ1) is 14.4. The molecule has 0 bridgehead atoms. The summed E-state index contributed by atoms with van der Waals surface area (Å²) in [6.45, 7) is 0. The lowest BCUT2D eigenvalue weighted by Crippen LogP contribution is -2.12. The van der Waals surface area contributed by atoms with Gasteiger partial charge in [-0.15, -0.1) is 0 Å². The van der Waals surface area contributed by atoms with Crippen LogP contribution in [-0.4, -0.2) is 14.2 Å². The molecule has 106 valence electrons. The van der Waals surface area contributed by atoms with Crippen molar-refractivity contribution in [1.29, 1.82) is 0 Å². The molecule has 0 aliphatic heterocycles. The molecule has 3 heteroatoms. The first-order chi connectivity index (χ1) is 9.74. The topological polar surface area (TPSA) is 44.5 Å². The number of aryl methyl sites for hydroxylation is 1. The first-order valence-electron chi connectivity index (χ1n) is 6.76. The van der Waals surface area contributed by atoms with E-state index in [-0.39, 0.29) is 6.04 Å². The van der Waals surface area contributed by atoms with Crippen LogP contribution >= 0.6 is 0 Å². The van der Waals surface area contributed by atoms with Crippen molar-refractivity contribution in [2.24, 2.45) is 5.73 Å². The van der Waals surface area contributed by atoms with Gasteiger partial charge in [0.1, 0.15) is 11.5 Å². The van der Waals surface area contributed by atoms with Crippen molar-refractivity contribution in [3.05, 3.63) is 59.7 Å². The third kappa shape index (κ3) is 3.52. The second kappa shape index (κ2) is 6.96. The number of ether oxygens (including phenoxy) is 2. The highest BCUT2D eigenvalue weighted by atomic mass is 16.5. The summed E-state index contributed by atoms with van der Waals surface area (Å²) >= 11 is 0. The van der Waals surface area contributed by atoms with Crippen molar-refractivity contribution in [2.45, 2.75) is 18.9 Å². The maximum atomic E-state index is 6.29. The fourth-order valence-electron chi connectivity index (χ4n) is 2.25. The van der Waals surface area contributed by atoms with E-state index in [1.54, 1.807) is 14.2 Å². The molecule has 2 aromatic carbocycles. The minimum absolute atomic E-state index is 0.0453. The summed E-state index contributed by atoms with van der Waals surface area (Å²) in [5, 5.41) is 0. The fourth-order valence-corrected chi connectivity index (χ4v) is 2.25. The fraction of sp³-hybridized carbons (Fsp3) is 0.294. The summed E-state index contributed by atoms with van der Waals surface area (Å²) in [5.74, 6) is 1.56. The summed E-state index contributed by atoms with van der Waals surface area (Å²) in [7, 11) is 3.30. The zero-order valence-corrected chi connectivity index (χ0v) is 12.0. The van der Waals surface area contributed by atoms with E-state index in [0.717, 1.165) is 29.9 Å². The Kier molecular flexibility index (Phi) is 5.02. The van der Waals surface area contributed by atoms with Crippen molar-refractivity contribution >= 4 is 0 Å². The molecule has 2 N–H and O–H groups in total. The zero-order valence-electron chi connectivity index (χ0n) is 12.0. The van der Waals surface area contributed by atoms with E-state index in [4.69, 9.17) is 15.2 Å². The molecule has 0 saturated carbocycles. The molecule has 1 atom stereocenters. The smallest absolute Gasteiger partial charge is 0.127 e. The Labute approximate surface area is 120 Å². The van der Waals surface area contributed by atoms with Gasteiger partial charge in [0.05, 0.1) is 14.2 Å². The second-order valence-electron chi connectivity index (χ2n) is 4.74. The molecule has 0 heterocycles. The lowest BCUT2D eigenvalue weighted by atomic mass is 9.99. The second-order valence-corrected chi connectivity index (χ2v) is 4.74. The van der Waals surface area contributed by atoms with Gasteiger partial charge in [-0.3, -0.25) is 0 Å². The lowest BCUT2D eigenvalue weighted by Gasteiger charge is -2.16. The van der Waals surface area contributed by atoms with E-state index in [1.165, 1.54) is 5.56 Å². The first-order valence-corrected chi connectivity index (χ1v) is 6.76. The van der Waals surface area contributed by atoms with Crippen LogP contribution in [-0.2, 0) is 6.42 Å². The number of hydrogen-bond acceptors (Lipinski definition) is 3. The summed E-state index contributed by atoms with van der Waals surface area (Å²) in [5.41, 5.74) is 8.61. The van der Waals surface area contributed by atoms with Crippen LogP contribution in [0.5, 0.6) is 11.5 Å². The Morgan fingerprint density at radius 2 is 1.75 bits per heavy atom. The maximum Gasteiger partial charge on any atom is 0.127 e. The molecule has 0 aliphatic carbocycles. The van der Waals surface area contributed by atoms with Gasteiger partial charge in [-0.05, 0) is 24.5 Å². The van der Waals surface area contributed by atoms with Crippen LogP contribution in [0.4, 0.5) is 0 Å². The lowest BCUT2D eigenvalue weighted by molar-refractivity contribution is 0.387. The molecule has 1 unspecified atom stereocenters. The monoisotopic (exact) mass is 271 g/mol. The average Bonchev–Trinajstić information content (AvgIpc) is 2.52. The summed E-state index contributed by atoms with van der Waals surface area (Å²) in [6.07, 6.45) is 1.84. The van der Waals surface area contributed by atoms with Crippen LogP contribution in [0.3, 0.4) is 0 Å². The van der Waals surface area contributed by atoms with Crippen LogP contribution in [0.15, 0.2) is 48.5 Å². The van der Waals surface area contributed by atoms with E-state index >= 15 is 0 Å². The molecule has 0 radical (unpaired) electrons. The summed E-state index contributed by atoms with van der Waals surface area (Å²) in [6, 6.07) is 16.1. The number of methoxy groups -OCH3 is 2. The highest BCUT2D eigenvalue weighted by molar-refractivity contribution is 5.42. The van der Waals surface area contributed by atoms with Gasteiger partial charge in [-0.1, -0.05) is 36.4 Å². The van der Waals surface area contributed by atoms with Gasteiger partial charge in [-0.25, -0.2) is 0 Å². The molecule has 0 aliphatic rings. The third-order valence-electron chi connectivity index (χ3n) is 3.43. The standard InChI is InChI=1S/C17H21NO2/c1-19-14-9-10-15(17(12-14)20-2)16(18)11-8-13-6-4-3-5-7-13/h3-7,9-10,12,16H,8,11,18H2,1-2H3. The number of hydrogen-bond donors (Lipinski definition) is 1. The average molecular weight is 271 g/mol. The molecule has 0 saturated heterocycles.